The lowest BCUT2D eigenvalue weighted by molar-refractivity contribution is 0.321. The maximum absolute atomic E-state index is 4.20. The largest absolute Gasteiger partial charge is 0.320 e. The molecule has 0 spiro atoms. The van der Waals surface area contributed by atoms with Crippen LogP contribution in [0.5, 0.6) is 0 Å². The molecule has 0 saturated carbocycles. The number of rotatable bonds is 10. The summed E-state index contributed by atoms with van der Waals surface area (Å²) in [6.07, 6.45) is 6.54. The lowest BCUT2D eigenvalue weighted by Crippen LogP contribution is -2.23. The van der Waals surface area contributed by atoms with E-state index in [1.807, 2.05) is 20.3 Å². The quantitative estimate of drug-likeness (QED) is 0.464. The van der Waals surface area contributed by atoms with E-state index in [2.05, 4.69) is 27.2 Å². The molecule has 0 atom stereocenters. The number of unbranched alkanes of at least 4 members (excludes halogenated alkanes) is 1. The van der Waals surface area contributed by atoms with Crippen LogP contribution in [0.25, 0.3) is 0 Å². The molecule has 0 bridgehead atoms. The van der Waals surface area contributed by atoms with Crippen LogP contribution in [0.1, 0.15) is 25.7 Å². The van der Waals surface area contributed by atoms with Crippen molar-refractivity contribution in [2.75, 3.05) is 47.8 Å². The fraction of sp³-hybridized carbons (Fsp3) is 0.846. The van der Waals surface area contributed by atoms with Gasteiger partial charge < -0.3 is 10.2 Å². The maximum Gasteiger partial charge on any atom is 0.0522 e. The van der Waals surface area contributed by atoms with Crippen LogP contribution >= 0.6 is 0 Å². The van der Waals surface area contributed by atoms with Crippen molar-refractivity contribution >= 4 is 11.9 Å². The van der Waals surface area contributed by atoms with Crippen LogP contribution in [-0.2, 0) is 0 Å². The molecule has 0 unspecified atom stereocenters. The highest BCUT2D eigenvalue weighted by molar-refractivity contribution is 6.30. The van der Waals surface area contributed by atoms with Crippen molar-refractivity contribution in [2.24, 2.45) is 9.98 Å². The van der Waals surface area contributed by atoms with Gasteiger partial charge in [0.05, 0.1) is 5.71 Å². The van der Waals surface area contributed by atoms with Gasteiger partial charge in [-0.15, -0.1) is 0 Å². The summed E-state index contributed by atoms with van der Waals surface area (Å²) in [7, 11) is 7.82. The van der Waals surface area contributed by atoms with Gasteiger partial charge in [-0.2, -0.15) is 0 Å². The third-order valence-corrected chi connectivity index (χ3v) is 2.75. The van der Waals surface area contributed by atoms with Crippen molar-refractivity contribution in [2.45, 2.75) is 25.7 Å². The lowest BCUT2D eigenvalue weighted by atomic mass is 10.1. The molecule has 0 aliphatic carbocycles. The van der Waals surface area contributed by atoms with Crippen LogP contribution in [0.4, 0.5) is 0 Å². The van der Waals surface area contributed by atoms with Crippen molar-refractivity contribution in [3.8, 4) is 0 Å². The van der Waals surface area contributed by atoms with Gasteiger partial charge in [-0.05, 0) is 59.4 Å². The molecule has 4 heteroatoms. The predicted octanol–water partition coefficient (Wildman–Crippen LogP) is 1.47. The first kappa shape index (κ1) is 16.3. The molecule has 0 aromatic carbocycles. The summed E-state index contributed by atoms with van der Waals surface area (Å²) in [6, 6.07) is 0. The van der Waals surface area contributed by atoms with Gasteiger partial charge >= 0.3 is 0 Å². The summed E-state index contributed by atoms with van der Waals surface area (Å²) in [5.74, 6) is 0. The molecule has 0 rings (SSSR count). The Morgan fingerprint density at radius 2 is 1.88 bits per heavy atom. The Bertz CT molecular complexity index is 223. The molecule has 0 radical (unpaired) electrons. The topological polar surface area (TPSA) is 40.0 Å². The van der Waals surface area contributed by atoms with Gasteiger partial charge in [-0.3, -0.25) is 9.98 Å². The number of aliphatic imine (C=N–C) groups is 2. The number of hydrogen-bond acceptors (Lipinski definition) is 4. The normalized spacial score (nSPS) is 12.9. The van der Waals surface area contributed by atoms with E-state index in [0.717, 1.165) is 18.7 Å². The van der Waals surface area contributed by atoms with E-state index < -0.39 is 0 Å². The van der Waals surface area contributed by atoms with Gasteiger partial charge in [-0.25, -0.2) is 0 Å². The van der Waals surface area contributed by atoms with Gasteiger partial charge in [0, 0.05) is 20.3 Å². The molecule has 4 nitrogen and oxygen atoms in total. The Hall–Kier alpha value is -0.740. The van der Waals surface area contributed by atoms with E-state index in [-0.39, 0.29) is 0 Å². The number of nitrogens with one attached hydrogen (secondary N) is 1. The van der Waals surface area contributed by atoms with E-state index in [4.69, 9.17) is 0 Å². The smallest absolute Gasteiger partial charge is 0.0522 e. The average Bonchev–Trinajstić information content (AvgIpc) is 2.33. The second kappa shape index (κ2) is 11.7. The summed E-state index contributed by atoms with van der Waals surface area (Å²) in [4.78, 5) is 10.6. The van der Waals surface area contributed by atoms with E-state index in [1.54, 1.807) is 7.05 Å². The summed E-state index contributed by atoms with van der Waals surface area (Å²) in [5.41, 5.74) is 1.10. The van der Waals surface area contributed by atoms with Crippen LogP contribution in [-0.4, -0.2) is 64.7 Å². The second-order valence-corrected chi connectivity index (χ2v) is 4.32. The molecule has 0 aliphatic heterocycles. The highest BCUT2D eigenvalue weighted by Crippen LogP contribution is 1.99. The molecule has 0 fully saturated rings. The van der Waals surface area contributed by atoms with Crippen molar-refractivity contribution in [1.82, 2.24) is 10.2 Å². The molecule has 0 aliphatic rings. The molecule has 0 amide bonds. The Balaban J connectivity index is 3.49. The first-order valence-electron chi connectivity index (χ1n) is 6.45. The van der Waals surface area contributed by atoms with Gasteiger partial charge in [0.1, 0.15) is 0 Å². The third-order valence-electron chi connectivity index (χ3n) is 2.75. The number of nitrogens with zero attached hydrogens (tertiary/aromatic N) is 3. The Kier molecular flexibility index (Phi) is 11.2. The summed E-state index contributed by atoms with van der Waals surface area (Å²) >= 11 is 0. The van der Waals surface area contributed by atoms with Crippen LogP contribution in [0.15, 0.2) is 9.98 Å². The zero-order valence-electron chi connectivity index (χ0n) is 11.9. The minimum Gasteiger partial charge on any atom is -0.320 e. The molecule has 0 aromatic rings. The molecule has 1 N–H and O–H groups in total. The molecule has 0 heterocycles. The Labute approximate surface area is 106 Å². The first-order valence-corrected chi connectivity index (χ1v) is 6.45. The van der Waals surface area contributed by atoms with Crippen molar-refractivity contribution in [1.29, 1.82) is 0 Å². The number of hydrogen-bond donors (Lipinski definition) is 1. The Morgan fingerprint density at radius 3 is 2.47 bits per heavy atom. The standard InChI is InChI=1S/C13H28N4/c1-14-9-7-11-17(4)10-6-5-8-13(16-3)12-15-2/h12,14H,5-11H2,1-4H3. The van der Waals surface area contributed by atoms with Crippen molar-refractivity contribution in [3.63, 3.8) is 0 Å². The fourth-order valence-corrected chi connectivity index (χ4v) is 1.71. The molecule has 0 aromatic heterocycles. The van der Waals surface area contributed by atoms with Crippen molar-refractivity contribution in [3.05, 3.63) is 0 Å². The van der Waals surface area contributed by atoms with Crippen LogP contribution in [0.3, 0.4) is 0 Å². The van der Waals surface area contributed by atoms with Gasteiger partial charge in [0.15, 0.2) is 0 Å². The predicted molar refractivity (Wildman–Crippen MR) is 77.7 cm³/mol. The first-order chi connectivity index (χ1) is 8.24. The maximum atomic E-state index is 4.20. The van der Waals surface area contributed by atoms with Crippen LogP contribution in [0, 0.1) is 0 Å². The van der Waals surface area contributed by atoms with E-state index in [1.165, 1.54) is 32.4 Å². The fourth-order valence-electron chi connectivity index (χ4n) is 1.71. The van der Waals surface area contributed by atoms with Crippen LogP contribution < -0.4 is 5.32 Å². The molecular formula is C13H28N4. The second-order valence-electron chi connectivity index (χ2n) is 4.32. The van der Waals surface area contributed by atoms with Crippen LogP contribution in [0.2, 0.25) is 0 Å². The van der Waals surface area contributed by atoms with E-state index >= 15 is 0 Å². The highest BCUT2D eigenvalue weighted by Gasteiger charge is 1.99. The Morgan fingerprint density at radius 1 is 1.18 bits per heavy atom. The van der Waals surface area contributed by atoms with Gasteiger partial charge in [0.2, 0.25) is 0 Å². The molecule has 17 heavy (non-hydrogen) atoms. The zero-order valence-corrected chi connectivity index (χ0v) is 11.9. The average molecular weight is 240 g/mol. The molecule has 100 valence electrons. The molecular weight excluding hydrogens is 212 g/mol. The summed E-state index contributed by atoms with van der Waals surface area (Å²) < 4.78 is 0. The zero-order chi connectivity index (χ0) is 12.9. The third kappa shape index (κ3) is 10.1. The minimum atomic E-state index is 1.04. The highest BCUT2D eigenvalue weighted by atomic mass is 15.1. The van der Waals surface area contributed by atoms with E-state index in [0.29, 0.717) is 0 Å². The van der Waals surface area contributed by atoms with Gasteiger partial charge in [-0.1, -0.05) is 0 Å². The summed E-state index contributed by atoms with van der Waals surface area (Å²) in [5, 5.41) is 3.17. The monoisotopic (exact) mass is 240 g/mol. The van der Waals surface area contributed by atoms with Crippen molar-refractivity contribution < 1.29 is 0 Å². The SMILES string of the molecule is CN=CC(CCCCN(C)CCCNC)=NC. The van der Waals surface area contributed by atoms with Gasteiger partial charge in [0.25, 0.3) is 0 Å². The molecule has 0 saturated heterocycles. The lowest BCUT2D eigenvalue weighted by Gasteiger charge is -2.16. The van der Waals surface area contributed by atoms with E-state index in [9.17, 15) is 0 Å². The summed E-state index contributed by atoms with van der Waals surface area (Å²) in [6.45, 7) is 3.44. The minimum absolute atomic E-state index is 1.04.